The zero-order chi connectivity index (χ0) is 10.3. The first-order chi connectivity index (χ1) is 6.06. The molecule has 0 bridgehead atoms. The van der Waals surface area contributed by atoms with E-state index >= 15 is 0 Å². The normalized spacial score (nSPS) is 15.1. The second-order valence-corrected chi connectivity index (χ2v) is 4.51. The van der Waals surface area contributed by atoms with Crippen LogP contribution in [0.15, 0.2) is 10.6 Å². The first-order valence-corrected chi connectivity index (χ1v) is 5.55. The van der Waals surface area contributed by atoms with Crippen LogP contribution in [0.4, 0.5) is 0 Å². The molecule has 3 heteroatoms. The van der Waals surface area contributed by atoms with Gasteiger partial charge in [-0.15, -0.1) is 0 Å². The van der Waals surface area contributed by atoms with Crippen molar-refractivity contribution < 1.29 is 0 Å². The minimum absolute atomic E-state index is 0.507. The highest BCUT2D eigenvalue weighted by Crippen LogP contribution is 2.07. The maximum absolute atomic E-state index is 5.74. The van der Waals surface area contributed by atoms with Crippen molar-refractivity contribution in [3.05, 3.63) is 10.6 Å². The van der Waals surface area contributed by atoms with Crippen LogP contribution in [0.2, 0.25) is 0 Å². The molecule has 1 atom stereocenters. The van der Waals surface area contributed by atoms with Gasteiger partial charge in [0, 0.05) is 23.2 Å². The molecule has 1 nitrogen and oxygen atoms in total. The van der Waals surface area contributed by atoms with Crippen molar-refractivity contribution in [2.75, 3.05) is 6.54 Å². The SMILES string of the molecule is CC(C)CCC(C)NCC(Cl)=CCl. The molecule has 13 heavy (non-hydrogen) atoms. The number of hydrogen-bond donors (Lipinski definition) is 1. The first-order valence-electron chi connectivity index (χ1n) is 4.74. The van der Waals surface area contributed by atoms with E-state index in [1.54, 1.807) is 0 Å². The summed E-state index contributed by atoms with van der Waals surface area (Å²) in [5, 5.41) is 3.97. The molecule has 0 rings (SSSR count). The molecule has 0 amide bonds. The molecule has 0 aliphatic rings. The highest BCUT2D eigenvalue weighted by Gasteiger charge is 2.03. The second-order valence-electron chi connectivity index (χ2n) is 3.81. The van der Waals surface area contributed by atoms with E-state index in [2.05, 4.69) is 26.1 Å². The summed E-state index contributed by atoms with van der Waals surface area (Å²) in [5.41, 5.74) is 1.41. The van der Waals surface area contributed by atoms with Crippen molar-refractivity contribution in [2.45, 2.75) is 39.7 Å². The maximum Gasteiger partial charge on any atom is 0.0431 e. The summed E-state index contributed by atoms with van der Waals surface area (Å²) >= 11 is 11.2. The Morgan fingerprint density at radius 3 is 2.38 bits per heavy atom. The van der Waals surface area contributed by atoms with Gasteiger partial charge in [0.25, 0.3) is 0 Å². The van der Waals surface area contributed by atoms with Gasteiger partial charge in [0.2, 0.25) is 0 Å². The van der Waals surface area contributed by atoms with Gasteiger partial charge >= 0.3 is 0 Å². The zero-order valence-electron chi connectivity index (χ0n) is 8.61. The van der Waals surface area contributed by atoms with Gasteiger partial charge in [-0.1, -0.05) is 37.0 Å². The molecule has 0 heterocycles. The molecule has 1 N–H and O–H groups in total. The molecule has 0 radical (unpaired) electrons. The van der Waals surface area contributed by atoms with E-state index in [9.17, 15) is 0 Å². The molecule has 0 saturated heterocycles. The number of halogens is 2. The molecular formula is C10H19Cl2N. The Balaban J connectivity index is 3.46. The van der Waals surface area contributed by atoms with Gasteiger partial charge in [-0.3, -0.25) is 0 Å². The summed E-state index contributed by atoms with van der Waals surface area (Å²) in [7, 11) is 0. The molecule has 0 fully saturated rings. The second kappa shape index (κ2) is 7.66. The number of rotatable bonds is 6. The molecule has 0 aromatic carbocycles. The molecule has 1 unspecified atom stereocenters. The summed E-state index contributed by atoms with van der Waals surface area (Å²) in [6.45, 7) is 7.31. The number of nitrogens with one attached hydrogen (secondary N) is 1. The Morgan fingerprint density at radius 1 is 1.31 bits per heavy atom. The summed E-state index contributed by atoms with van der Waals surface area (Å²) in [6.07, 6.45) is 2.43. The molecular weight excluding hydrogens is 205 g/mol. The van der Waals surface area contributed by atoms with Crippen LogP contribution in [-0.2, 0) is 0 Å². The fourth-order valence-corrected chi connectivity index (χ4v) is 1.15. The van der Waals surface area contributed by atoms with Gasteiger partial charge in [-0.05, 0) is 25.7 Å². The predicted octanol–water partition coefficient (Wildman–Crippen LogP) is 3.72. The maximum atomic E-state index is 5.74. The summed E-state index contributed by atoms with van der Waals surface area (Å²) in [5.74, 6) is 0.767. The average Bonchev–Trinajstić information content (AvgIpc) is 2.10. The number of hydrogen-bond acceptors (Lipinski definition) is 1. The summed E-state index contributed by atoms with van der Waals surface area (Å²) < 4.78 is 0. The Hall–Kier alpha value is 0.280. The van der Waals surface area contributed by atoms with E-state index in [1.807, 2.05) is 0 Å². The quantitative estimate of drug-likeness (QED) is 0.725. The van der Waals surface area contributed by atoms with Gasteiger partial charge in [0.05, 0.1) is 0 Å². The van der Waals surface area contributed by atoms with E-state index in [4.69, 9.17) is 23.2 Å². The van der Waals surface area contributed by atoms with E-state index in [1.165, 1.54) is 18.4 Å². The lowest BCUT2D eigenvalue weighted by Crippen LogP contribution is -2.27. The van der Waals surface area contributed by atoms with Crippen molar-refractivity contribution in [2.24, 2.45) is 5.92 Å². The topological polar surface area (TPSA) is 12.0 Å². The fraction of sp³-hybridized carbons (Fsp3) is 0.800. The predicted molar refractivity (Wildman–Crippen MR) is 61.3 cm³/mol. The van der Waals surface area contributed by atoms with E-state index < -0.39 is 0 Å². The highest BCUT2D eigenvalue weighted by molar-refractivity contribution is 6.36. The molecule has 78 valence electrons. The van der Waals surface area contributed by atoms with E-state index in [-0.39, 0.29) is 0 Å². The zero-order valence-corrected chi connectivity index (χ0v) is 10.1. The van der Waals surface area contributed by atoms with E-state index in [0.717, 1.165) is 5.92 Å². The van der Waals surface area contributed by atoms with Gasteiger partial charge in [0.1, 0.15) is 0 Å². The van der Waals surface area contributed by atoms with Crippen molar-refractivity contribution in [1.82, 2.24) is 5.32 Å². The van der Waals surface area contributed by atoms with Crippen molar-refractivity contribution in [3.63, 3.8) is 0 Å². The van der Waals surface area contributed by atoms with Crippen LogP contribution < -0.4 is 5.32 Å². The molecule has 0 saturated carbocycles. The van der Waals surface area contributed by atoms with Crippen LogP contribution in [-0.4, -0.2) is 12.6 Å². The molecule has 0 aromatic rings. The molecule has 0 aliphatic heterocycles. The minimum atomic E-state index is 0.507. The fourth-order valence-electron chi connectivity index (χ4n) is 0.996. The first kappa shape index (κ1) is 13.3. The monoisotopic (exact) mass is 223 g/mol. The van der Waals surface area contributed by atoms with Crippen LogP contribution >= 0.6 is 23.2 Å². The van der Waals surface area contributed by atoms with Crippen LogP contribution in [0.5, 0.6) is 0 Å². The Bertz CT molecular complexity index is 155. The van der Waals surface area contributed by atoms with E-state index in [0.29, 0.717) is 17.6 Å². The third kappa shape index (κ3) is 8.61. The highest BCUT2D eigenvalue weighted by atomic mass is 35.5. The van der Waals surface area contributed by atoms with Crippen molar-refractivity contribution >= 4 is 23.2 Å². The average molecular weight is 224 g/mol. The summed E-state index contributed by atoms with van der Waals surface area (Å²) in [6, 6.07) is 0.507. The third-order valence-electron chi connectivity index (χ3n) is 1.91. The van der Waals surface area contributed by atoms with Gasteiger partial charge < -0.3 is 5.32 Å². The van der Waals surface area contributed by atoms with Crippen LogP contribution in [0.3, 0.4) is 0 Å². The van der Waals surface area contributed by atoms with Crippen LogP contribution in [0.25, 0.3) is 0 Å². The van der Waals surface area contributed by atoms with Crippen molar-refractivity contribution in [1.29, 1.82) is 0 Å². The Morgan fingerprint density at radius 2 is 1.92 bits per heavy atom. The van der Waals surface area contributed by atoms with Crippen molar-refractivity contribution in [3.8, 4) is 0 Å². The standard InChI is InChI=1S/C10H19Cl2N/c1-8(2)4-5-9(3)13-7-10(12)6-11/h6,8-9,13H,4-5,7H2,1-3H3. The molecule has 0 aliphatic carbocycles. The third-order valence-corrected chi connectivity index (χ3v) is 2.53. The van der Waals surface area contributed by atoms with Gasteiger partial charge in [0.15, 0.2) is 0 Å². The molecule has 0 aromatic heterocycles. The summed E-state index contributed by atoms with van der Waals surface area (Å²) in [4.78, 5) is 0. The van der Waals surface area contributed by atoms with Gasteiger partial charge in [-0.25, -0.2) is 0 Å². The lowest BCUT2D eigenvalue weighted by molar-refractivity contribution is 0.464. The Kier molecular flexibility index (Phi) is 7.83. The molecule has 0 spiro atoms. The largest absolute Gasteiger partial charge is 0.309 e. The smallest absolute Gasteiger partial charge is 0.0431 e. The van der Waals surface area contributed by atoms with Gasteiger partial charge in [-0.2, -0.15) is 0 Å². The lowest BCUT2D eigenvalue weighted by atomic mass is 10.0. The minimum Gasteiger partial charge on any atom is -0.309 e. The van der Waals surface area contributed by atoms with Crippen LogP contribution in [0, 0.1) is 5.92 Å². The Labute approximate surface area is 91.5 Å². The van der Waals surface area contributed by atoms with Crippen LogP contribution in [0.1, 0.15) is 33.6 Å². The lowest BCUT2D eigenvalue weighted by Gasteiger charge is -2.14.